The predicted molar refractivity (Wildman–Crippen MR) is 51.9 cm³/mol. The molecule has 0 aliphatic heterocycles. The normalized spacial score (nSPS) is 41.1. The fourth-order valence-corrected chi connectivity index (χ4v) is 3.17. The third-order valence-electron chi connectivity index (χ3n) is 4.36. The first-order valence-electron chi connectivity index (χ1n) is 4.91. The molecule has 13 heavy (non-hydrogen) atoms. The first kappa shape index (κ1) is 8.79. The Bertz CT molecular complexity index is 292. The minimum absolute atomic E-state index is 0.118. The highest BCUT2D eigenvalue weighted by Gasteiger charge is 2.60. The topological polar surface area (TPSA) is 43.1 Å². The summed E-state index contributed by atoms with van der Waals surface area (Å²) >= 11 is 0. The van der Waals surface area contributed by atoms with Gasteiger partial charge < -0.3 is 5.73 Å². The lowest BCUT2D eigenvalue weighted by Gasteiger charge is -2.36. The summed E-state index contributed by atoms with van der Waals surface area (Å²) in [5, 5.41) is 0. The lowest BCUT2D eigenvalue weighted by molar-refractivity contribution is -0.125. The molecule has 0 radical (unpaired) electrons. The van der Waals surface area contributed by atoms with Crippen molar-refractivity contribution >= 4 is 5.91 Å². The van der Waals surface area contributed by atoms with Crippen molar-refractivity contribution in [3.63, 3.8) is 0 Å². The Balaban J connectivity index is 2.46. The van der Waals surface area contributed by atoms with E-state index in [1.54, 1.807) is 0 Å². The van der Waals surface area contributed by atoms with E-state index in [2.05, 4.69) is 20.4 Å². The van der Waals surface area contributed by atoms with Crippen molar-refractivity contribution in [2.75, 3.05) is 0 Å². The van der Waals surface area contributed by atoms with Gasteiger partial charge in [0.1, 0.15) is 0 Å². The summed E-state index contributed by atoms with van der Waals surface area (Å²) in [5.74, 6) is 0.457. The van der Waals surface area contributed by atoms with Crippen molar-refractivity contribution in [3.05, 3.63) is 12.2 Å². The Labute approximate surface area is 79.2 Å². The Morgan fingerprint density at radius 3 is 2.54 bits per heavy atom. The third-order valence-corrected chi connectivity index (χ3v) is 4.36. The van der Waals surface area contributed by atoms with Crippen LogP contribution in [-0.2, 0) is 4.79 Å². The van der Waals surface area contributed by atoms with E-state index >= 15 is 0 Å². The van der Waals surface area contributed by atoms with Crippen LogP contribution in [0.15, 0.2) is 12.2 Å². The van der Waals surface area contributed by atoms with Crippen LogP contribution < -0.4 is 5.73 Å². The van der Waals surface area contributed by atoms with Crippen molar-refractivity contribution in [3.8, 4) is 0 Å². The van der Waals surface area contributed by atoms with Gasteiger partial charge in [-0.15, -0.1) is 0 Å². The Kier molecular flexibility index (Phi) is 1.47. The Hall–Kier alpha value is -0.790. The van der Waals surface area contributed by atoms with Crippen LogP contribution in [0.2, 0.25) is 0 Å². The second-order valence-electron chi connectivity index (χ2n) is 5.09. The van der Waals surface area contributed by atoms with E-state index in [0.29, 0.717) is 5.92 Å². The van der Waals surface area contributed by atoms with Crippen LogP contribution in [0.4, 0.5) is 0 Å². The van der Waals surface area contributed by atoms with Crippen LogP contribution in [0.5, 0.6) is 0 Å². The molecule has 0 spiro atoms. The number of nitrogens with two attached hydrogens (primary N) is 1. The van der Waals surface area contributed by atoms with Gasteiger partial charge in [-0.05, 0) is 30.6 Å². The van der Waals surface area contributed by atoms with Gasteiger partial charge >= 0.3 is 0 Å². The maximum atomic E-state index is 11.4. The van der Waals surface area contributed by atoms with Gasteiger partial charge in [0, 0.05) is 0 Å². The minimum atomic E-state index is -0.353. The molecule has 0 aromatic rings. The summed E-state index contributed by atoms with van der Waals surface area (Å²) < 4.78 is 0. The first-order chi connectivity index (χ1) is 5.91. The van der Waals surface area contributed by atoms with Gasteiger partial charge in [-0.3, -0.25) is 4.79 Å². The van der Waals surface area contributed by atoms with E-state index in [9.17, 15) is 4.79 Å². The number of hydrogen-bond donors (Lipinski definition) is 1. The van der Waals surface area contributed by atoms with Crippen molar-refractivity contribution in [2.24, 2.45) is 22.5 Å². The van der Waals surface area contributed by atoms with E-state index in [4.69, 9.17) is 5.73 Å². The molecule has 2 aliphatic carbocycles. The zero-order chi connectivity index (χ0) is 9.85. The molecule has 0 aromatic heterocycles. The quantitative estimate of drug-likeness (QED) is 0.613. The number of primary amides is 1. The van der Waals surface area contributed by atoms with Crippen molar-refractivity contribution in [1.29, 1.82) is 0 Å². The Morgan fingerprint density at radius 1 is 1.62 bits per heavy atom. The molecule has 2 nitrogen and oxygen atoms in total. The summed E-state index contributed by atoms with van der Waals surface area (Å²) in [4.78, 5) is 11.4. The van der Waals surface area contributed by atoms with Gasteiger partial charge in [-0.2, -0.15) is 0 Å². The van der Waals surface area contributed by atoms with Gasteiger partial charge in [-0.1, -0.05) is 26.0 Å². The molecule has 72 valence electrons. The molecule has 2 bridgehead atoms. The minimum Gasteiger partial charge on any atom is -0.369 e. The summed E-state index contributed by atoms with van der Waals surface area (Å²) in [7, 11) is 0. The van der Waals surface area contributed by atoms with Gasteiger partial charge in [0.2, 0.25) is 5.91 Å². The monoisotopic (exact) mass is 179 g/mol. The second-order valence-corrected chi connectivity index (χ2v) is 5.09. The summed E-state index contributed by atoms with van der Waals surface area (Å²) in [6.45, 7) is 8.45. The summed E-state index contributed by atoms with van der Waals surface area (Å²) in [6.07, 6.45) is 3.00. The fourth-order valence-electron chi connectivity index (χ4n) is 3.17. The number of carbonyl (C=O) groups is 1. The molecule has 2 fully saturated rings. The van der Waals surface area contributed by atoms with E-state index in [0.717, 1.165) is 24.8 Å². The molecular weight excluding hydrogens is 162 g/mol. The molecule has 0 aromatic carbocycles. The van der Waals surface area contributed by atoms with Crippen LogP contribution in [0, 0.1) is 16.7 Å². The molecule has 2 atom stereocenters. The number of fused-ring (bicyclic) bond motifs is 2. The molecule has 2 N–H and O–H groups in total. The lowest BCUT2D eigenvalue weighted by atomic mass is 9.68. The largest absolute Gasteiger partial charge is 0.369 e. The maximum Gasteiger partial charge on any atom is 0.227 e. The summed E-state index contributed by atoms with van der Waals surface area (Å²) in [5.41, 5.74) is 6.32. The van der Waals surface area contributed by atoms with E-state index in [1.165, 1.54) is 0 Å². The number of carbonyl (C=O) groups excluding carboxylic acids is 1. The highest BCUT2D eigenvalue weighted by molar-refractivity contribution is 5.86. The zero-order valence-electron chi connectivity index (χ0n) is 8.39. The number of rotatable bonds is 1. The first-order valence-corrected chi connectivity index (χ1v) is 4.91. The Morgan fingerprint density at radius 2 is 2.23 bits per heavy atom. The highest BCUT2D eigenvalue weighted by Crippen LogP contribution is 2.65. The molecule has 1 amide bonds. The average molecular weight is 179 g/mol. The second kappa shape index (κ2) is 2.17. The lowest BCUT2D eigenvalue weighted by Crippen LogP contribution is -2.37. The maximum absolute atomic E-state index is 11.4. The standard InChI is InChI=1S/C11H17NO/c1-7-10(2,3)8-4-5-11(7,6-8)9(12)13/h8H,1,4-6H2,2-3H3,(H2,12,13)/t8-,11+/m1/s1. The molecule has 2 aliphatic rings. The molecular formula is C11H17NO. The molecule has 2 saturated carbocycles. The number of amides is 1. The molecule has 2 rings (SSSR count). The molecule has 0 unspecified atom stereocenters. The van der Waals surface area contributed by atoms with Crippen molar-refractivity contribution in [2.45, 2.75) is 33.1 Å². The molecule has 0 saturated heterocycles. The van der Waals surface area contributed by atoms with Gasteiger partial charge in [-0.25, -0.2) is 0 Å². The van der Waals surface area contributed by atoms with Crippen LogP contribution in [0.25, 0.3) is 0 Å². The number of hydrogen-bond acceptors (Lipinski definition) is 1. The van der Waals surface area contributed by atoms with Gasteiger partial charge in [0.05, 0.1) is 5.41 Å². The van der Waals surface area contributed by atoms with Gasteiger partial charge in [0.15, 0.2) is 0 Å². The molecule has 0 heterocycles. The molecule has 2 heteroatoms. The van der Waals surface area contributed by atoms with Crippen LogP contribution in [0.1, 0.15) is 33.1 Å². The van der Waals surface area contributed by atoms with Crippen molar-refractivity contribution in [1.82, 2.24) is 0 Å². The highest BCUT2D eigenvalue weighted by atomic mass is 16.1. The fraction of sp³-hybridized carbons (Fsp3) is 0.727. The van der Waals surface area contributed by atoms with Gasteiger partial charge in [0.25, 0.3) is 0 Å². The van der Waals surface area contributed by atoms with Crippen LogP contribution in [-0.4, -0.2) is 5.91 Å². The van der Waals surface area contributed by atoms with E-state index in [1.807, 2.05) is 0 Å². The smallest absolute Gasteiger partial charge is 0.227 e. The average Bonchev–Trinajstić information content (AvgIpc) is 2.53. The van der Waals surface area contributed by atoms with Crippen molar-refractivity contribution < 1.29 is 4.79 Å². The van der Waals surface area contributed by atoms with E-state index in [-0.39, 0.29) is 16.7 Å². The van der Waals surface area contributed by atoms with Crippen LogP contribution >= 0.6 is 0 Å². The summed E-state index contributed by atoms with van der Waals surface area (Å²) in [6, 6.07) is 0. The SMILES string of the molecule is C=C1C(C)(C)[C@@H]2CC[C@]1(C(N)=O)C2. The predicted octanol–water partition coefficient (Wildman–Crippen LogP) is 1.85. The zero-order valence-corrected chi connectivity index (χ0v) is 8.39. The third kappa shape index (κ3) is 0.812. The van der Waals surface area contributed by atoms with E-state index < -0.39 is 0 Å². The van der Waals surface area contributed by atoms with Crippen LogP contribution in [0.3, 0.4) is 0 Å².